The molecule has 0 aliphatic heterocycles. The number of unbranched alkanes of at least 4 members (excludes halogenated alkanes) is 24. The maximum Gasteiger partial charge on any atom is 0.408 e. The molecule has 3 N–H and O–H groups in total. The Hall–Kier alpha value is -3.63. The van der Waals surface area contributed by atoms with E-state index >= 15 is 0 Å². The smallest absolute Gasteiger partial charge is 0.408 e. The second-order valence-electron chi connectivity index (χ2n) is 16.2. The minimum absolute atomic E-state index is 0.00361. The van der Waals surface area contributed by atoms with Gasteiger partial charge in [0, 0.05) is 19.3 Å². The van der Waals surface area contributed by atoms with Gasteiger partial charge >= 0.3 is 24.0 Å². The first-order chi connectivity index (χ1) is 28.7. The summed E-state index contributed by atoms with van der Waals surface area (Å²) in [5.41, 5.74) is 6.23. The van der Waals surface area contributed by atoms with Gasteiger partial charge in [0.15, 0.2) is 6.10 Å². The Morgan fingerprint density at radius 2 is 0.898 bits per heavy atom. The Bertz CT molecular complexity index is 1210. The Morgan fingerprint density at radius 1 is 0.508 bits per heavy atom. The van der Waals surface area contributed by atoms with Crippen LogP contribution < -0.4 is 11.1 Å². The lowest BCUT2D eigenvalue weighted by molar-refractivity contribution is -0.167. The fourth-order valence-corrected chi connectivity index (χ4v) is 6.91. The van der Waals surface area contributed by atoms with Crippen LogP contribution in [0.3, 0.4) is 0 Å². The number of hydrogen-bond donors (Lipinski definition) is 2. The second kappa shape index (κ2) is 38.6. The molecule has 11 heteroatoms. The van der Waals surface area contributed by atoms with Gasteiger partial charge in [-0.3, -0.25) is 19.2 Å². The molecule has 1 rings (SSSR count). The monoisotopic (exact) mass is 831 g/mol. The van der Waals surface area contributed by atoms with Crippen LogP contribution in [0.5, 0.6) is 0 Å². The molecule has 0 aromatic heterocycles. The molecule has 0 aliphatic rings. The van der Waals surface area contributed by atoms with E-state index in [4.69, 9.17) is 24.7 Å². The number of amides is 2. The molecule has 0 spiro atoms. The van der Waals surface area contributed by atoms with Crippen molar-refractivity contribution < 1.29 is 42.9 Å². The second-order valence-corrected chi connectivity index (χ2v) is 16.2. The summed E-state index contributed by atoms with van der Waals surface area (Å²) in [4.78, 5) is 62.3. The number of nitrogens with two attached hydrogens (primary N) is 1. The summed E-state index contributed by atoms with van der Waals surface area (Å²) in [6, 6.07) is 7.89. The SMILES string of the molecule is CCCCCCCCCCCCCCCC(=O)OC[C@H](COC(=O)CC[C@@H](NC(=O)OCc1ccccc1)C(N)=O)OC(=O)CCCCCCCCCCCCCCC. The number of hydrogen-bond acceptors (Lipinski definition) is 9. The average Bonchev–Trinajstić information content (AvgIpc) is 3.23. The van der Waals surface area contributed by atoms with Crippen LogP contribution in [0.15, 0.2) is 30.3 Å². The molecule has 1 aromatic rings. The predicted molar refractivity (Wildman–Crippen MR) is 234 cm³/mol. The number of carbonyl (C=O) groups is 5. The van der Waals surface area contributed by atoms with Crippen LogP contribution >= 0.6 is 0 Å². The number of nitrogens with one attached hydrogen (secondary N) is 1. The molecule has 0 aliphatic carbocycles. The third kappa shape index (κ3) is 33.9. The Balaban J connectivity index is 2.45. The van der Waals surface area contributed by atoms with E-state index in [1.54, 1.807) is 12.1 Å². The van der Waals surface area contributed by atoms with Crippen molar-refractivity contribution in [3.63, 3.8) is 0 Å². The standard InChI is InChI=1S/C48H82N2O9/c1-3-5-7-9-11-13-15-17-19-21-23-25-30-34-44(51)56-39-42(59-46(53)35-31-26-24-22-20-18-16-14-12-10-8-6-4-2)40-57-45(52)37-36-43(47(49)54)50-48(55)58-38-41-32-28-27-29-33-41/h27-29,32-33,42-43H,3-26,30-31,34-40H2,1-2H3,(H2,49,54)(H,50,55)/t42-,43-/m1/s1. The number of benzene rings is 1. The van der Waals surface area contributed by atoms with Gasteiger partial charge in [-0.25, -0.2) is 4.79 Å². The van der Waals surface area contributed by atoms with Gasteiger partial charge in [0.2, 0.25) is 5.91 Å². The van der Waals surface area contributed by atoms with Gasteiger partial charge in [0.25, 0.3) is 0 Å². The largest absolute Gasteiger partial charge is 0.462 e. The van der Waals surface area contributed by atoms with Crippen LogP contribution in [0.4, 0.5) is 4.79 Å². The summed E-state index contributed by atoms with van der Waals surface area (Å²) in [6.07, 6.45) is 29.6. The molecule has 2 atom stereocenters. The van der Waals surface area contributed by atoms with Crippen molar-refractivity contribution in [2.45, 2.75) is 225 Å². The molecule has 0 saturated carbocycles. The number of esters is 3. The van der Waals surface area contributed by atoms with Gasteiger partial charge in [-0.1, -0.05) is 198 Å². The molecule has 11 nitrogen and oxygen atoms in total. The molecular weight excluding hydrogens is 749 g/mol. The zero-order valence-corrected chi connectivity index (χ0v) is 37.1. The van der Waals surface area contributed by atoms with Crippen molar-refractivity contribution in [2.24, 2.45) is 5.73 Å². The molecule has 1 aromatic carbocycles. The summed E-state index contributed by atoms with van der Waals surface area (Å²) in [5.74, 6) is -2.34. The van der Waals surface area contributed by atoms with E-state index in [1.807, 2.05) is 18.2 Å². The summed E-state index contributed by atoms with van der Waals surface area (Å²) in [7, 11) is 0. The average molecular weight is 831 g/mol. The fourth-order valence-electron chi connectivity index (χ4n) is 6.91. The molecule has 2 amide bonds. The van der Waals surface area contributed by atoms with Crippen LogP contribution in [-0.2, 0) is 44.7 Å². The highest BCUT2D eigenvalue weighted by atomic mass is 16.6. The maximum absolute atomic E-state index is 12.8. The first kappa shape index (κ1) is 53.4. The van der Waals surface area contributed by atoms with Crippen LogP contribution in [0.1, 0.15) is 212 Å². The lowest BCUT2D eigenvalue weighted by atomic mass is 10.0. The first-order valence-electron chi connectivity index (χ1n) is 23.5. The number of carbonyl (C=O) groups excluding carboxylic acids is 5. The number of primary amides is 1. The van der Waals surface area contributed by atoms with Crippen LogP contribution in [0.2, 0.25) is 0 Å². The third-order valence-corrected chi connectivity index (χ3v) is 10.6. The van der Waals surface area contributed by atoms with Crippen molar-refractivity contribution >= 4 is 29.9 Å². The van der Waals surface area contributed by atoms with E-state index in [2.05, 4.69) is 19.2 Å². The number of alkyl carbamates (subject to hydrolysis) is 1. The summed E-state index contributed by atoms with van der Waals surface area (Å²) >= 11 is 0. The van der Waals surface area contributed by atoms with E-state index in [0.29, 0.717) is 6.42 Å². The topological polar surface area (TPSA) is 160 Å². The van der Waals surface area contributed by atoms with Crippen molar-refractivity contribution in [2.75, 3.05) is 13.2 Å². The van der Waals surface area contributed by atoms with E-state index in [-0.39, 0.29) is 51.5 Å². The van der Waals surface area contributed by atoms with Crippen LogP contribution in [0.25, 0.3) is 0 Å². The van der Waals surface area contributed by atoms with E-state index in [1.165, 1.54) is 122 Å². The Kier molecular flexibility index (Phi) is 34.9. The third-order valence-electron chi connectivity index (χ3n) is 10.6. The van der Waals surface area contributed by atoms with Crippen molar-refractivity contribution in [3.05, 3.63) is 35.9 Å². The minimum Gasteiger partial charge on any atom is -0.462 e. The van der Waals surface area contributed by atoms with Crippen LogP contribution in [0, 0.1) is 0 Å². The van der Waals surface area contributed by atoms with Gasteiger partial charge in [-0.05, 0) is 24.8 Å². The first-order valence-corrected chi connectivity index (χ1v) is 23.5. The molecule has 0 radical (unpaired) electrons. The Labute approximate surface area is 357 Å². The van der Waals surface area contributed by atoms with Crippen molar-refractivity contribution in [1.29, 1.82) is 0 Å². The van der Waals surface area contributed by atoms with Gasteiger partial charge in [-0.15, -0.1) is 0 Å². The van der Waals surface area contributed by atoms with Crippen LogP contribution in [-0.4, -0.2) is 55.3 Å². The highest BCUT2D eigenvalue weighted by Gasteiger charge is 2.23. The Morgan fingerprint density at radius 3 is 1.32 bits per heavy atom. The maximum atomic E-state index is 12.8. The molecular formula is C48H82N2O9. The molecule has 0 unspecified atom stereocenters. The lowest BCUT2D eigenvalue weighted by Crippen LogP contribution is -2.45. The zero-order chi connectivity index (χ0) is 43.0. The quantitative estimate of drug-likeness (QED) is 0.0373. The van der Waals surface area contributed by atoms with Gasteiger partial charge in [0.05, 0.1) is 0 Å². The molecule has 0 heterocycles. The van der Waals surface area contributed by atoms with Gasteiger partial charge in [-0.2, -0.15) is 0 Å². The summed E-state index contributed by atoms with van der Waals surface area (Å²) in [5, 5.41) is 2.39. The summed E-state index contributed by atoms with van der Waals surface area (Å²) < 4.78 is 21.6. The minimum atomic E-state index is -1.16. The van der Waals surface area contributed by atoms with E-state index in [9.17, 15) is 24.0 Å². The number of rotatable bonds is 40. The molecule has 338 valence electrons. The molecule has 59 heavy (non-hydrogen) atoms. The van der Waals surface area contributed by atoms with Gasteiger partial charge in [0.1, 0.15) is 25.9 Å². The lowest BCUT2D eigenvalue weighted by Gasteiger charge is -2.19. The predicted octanol–water partition coefficient (Wildman–Crippen LogP) is 11.5. The van der Waals surface area contributed by atoms with Gasteiger partial charge < -0.3 is 30.0 Å². The highest BCUT2D eigenvalue weighted by molar-refractivity contribution is 5.84. The highest BCUT2D eigenvalue weighted by Crippen LogP contribution is 2.15. The molecule has 0 bridgehead atoms. The van der Waals surface area contributed by atoms with Crippen molar-refractivity contribution in [3.8, 4) is 0 Å². The fraction of sp³-hybridized carbons (Fsp3) is 0.771. The summed E-state index contributed by atoms with van der Waals surface area (Å²) in [6.45, 7) is 3.94. The molecule has 0 fully saturated rings. The zero-order valence-electron chi connectivity index (χ0n) is 37.1. The number of ether oxygens (including phenoxy) is 4. The van der Waals surface area contributed by atoms with E-state index < -0.39 is 36.1 Å². The van der Waals surface area contributed by atoms with E-state index in [0.717, 1.165) is 44.1 Å². The normalized spacial score (nSPS) is 12.0. The molecule has 0 saturated heterocycles. The van der Waals surface area contributed by atoms with Crippen molar-refractivity contribution in [1.82, 2.24) is 5.32 Å².